The van der Waals surface area contributed by atoms with Crippen molar-refractivity contribution in [3.05, 3.63) is 23.3 Å². The van der Waals surface area contributed by atoms with E-state index in [4.69, 9.17) is 0 Å². The zero-order valence-corrected chi connectivity index (χ0v) is 12.2. The molecule has 114 valence electrons. The van der Waals surface area contributed by atoms with Gasteiger partial charge in [0.15, 0.2) is 11.5 Å². The molecule has 21 heavy (non-hydrogen) atoms. The number of fused-ring (bicyclic) bond motifs is 2. The number of rotatable bonds is 1. The predicted molar refractivity (Wildman–Crippen MR) is 74.7 cm³/mol. The summed E-state index contributed by atoms with van der Waals surface area (Å²) in [6, 6.07) is 3.52. The summed E-state index contributed by atoms with van der Waals surface area (Å²) in [5, 5.41) is 0. The molecule has 0 radical (unpaired) electrons. The summed E-state index contributed by atoms with van der Waals surface area (Å²) in [4.78, 5) is 0. The van der Waals surface area contributed by atoms with Gasteiger partial charge in [-0.1, -0.05) is 19.8 Å². The van der Waals surface area contributed by atoms with Crippen LogP contribution in [0.25, 0.3) is 0 Å². The lowest BCUT2D eigenvalue weighted by atomic mass is 9.75. The van der Waals surface area contributed by atoms with Gasteiger partial charge in [0.1, 0.15) is 0 Å². The maximum Gasteiger partial charge on any atom is 0.586 e. The van der Waals surface area contributed by atoms with Crippen molar-refractivity contribution in [1.29, 1.82) is 0 Å². The quantitative estimate of drug-likeness (QED) is 0.756. The van der Waals surface area contributed by atoms with E-state index in [-0.39, 0.29) is 11.5 Å². The van der Waals surface area contributed by atoms with Gasteiger partial charge in [0.25, 0.3) is 0 Å². The van der Waals surface area contributed by atoms with Crippen LogP contribution in [0, 0.1) is 17.8 Å². The highest BCUT2D eigenvalue weighted by Gasteiger charge is 2.44. The largest absolute Gasteiger partial charge is 0.586 e. The van der Waals surface area contributed by atoms with Crippen molar-refractivity contribution >= 4 is 0 Å². The average Bonchev–Trinajstić information content (AvgIpc) is 2.94. The minimum absolute atomic E-state index is 0.191. The monoisotopic (exact) mass is 294 g/mol. The van der Waals surface area contributed by atoms with Gasteiger partial charge >= 0.3 is 6.29 Å². The summed E-state index contributed by atoms with van der Waals surface area (Å²) in [5.41, 5.74) is 2.33. The lowest BCUT2D eigenvalue weighted by molar-refractivity contribution is -0.286. The van der Waals surface area contributed by atoms with Crippen LogP contribution in [-0.4, -0.2) is 6.29 Å². The summed E-state index contributed by atoms with van der Waals surface area (Å²) in [7, 11) is 0. The molecule has 0 bridgehead atoms. The number of alkyl halides is 2. The molecule has 0 spiro atoms. The highest BCUT2D eigenvalue weighted by molar-refractivity contribution is 5.51. The van der Waals surface area contributed by atoms with E-state index in [0.717, 1.165) is 24.7 Å². The summed E-state index contributed by atoms with van der Waals surface area (Å²) in [6.07, 6.45) is 3.76. The maximum absolute atomic E-state index is 13.1. The molecule has 1 heterocycles. The first-order chi connectivity index (χ1) is 10.00. The molecule has 0 unspecified atom stereocenters. The second-order valence-corrected chi connectivity index (χ2v) is 6.92. The van der Waals surface area contributed by atoms with Crippen LogP contribution in [0.3, 0.4) is 0 Å². The van der Waals surface area contributed by atoms with Crippen LogP contribution in [0.2, 0.25) is 0 Å². The molecule has 0 saturated heterocycles. The Morgan fingerprint density at radius 2 is 1.43 bits per heavy atom. The number of hydrogen-bond acceptors (Lipinski definition) is 2. The molecule has 1 aliphatic heterocycles. The minimum atomic E-state index is -3.50. The highest BCUT2D eigenvalue weighted by Crippen LogP contribution is 2.47. The first kappa shape index (κ1) is 13.4. The fourth-order valence-corrected chi connectivity index (χ4v) is 4.19. The maximum atomic E-state index is 13.1. The molecule has 2 nitrogen and oxygen atoms in total. The Balaban J connectivity index is 1.51. The van der Waals surface area contributed by atoms with Crippen LogP contribution in [0.1, 0.15) is 43.7 Å². The molecule has 0 amide bonds. The van der Waals surface area contributed by atoms with E-state index in [1.807, 2.05) is 0 Å². The van der Waals surface area contributed by atoms with Gasteiger partial charge in [-0.2, -0.15) is 0 Å². The molecule has 2 aliphatic carbocycles. The van der Waals surface area contributed by atoms with Gasteiger partial charge in [-0.15, -0.1) is 8.78 Å². The summed E-state index contributed by atoms with van der Waals surface area (Å²) in [6.45, 7) is 2.33. The highest BCUT2D eigenvalue weighted by atomic mass is 19.3. The Kier molecular flexibility index (Phi) is 2.92. The number of benzene rings is 1. The van der Waals surface area contributed by atoms with Crippen molar-refractivity contribution in [3.63, 3.8) is 0 Å². The number of ether oxygens (including phenoxy) is 2. The van der Waals surface area contributed by atoms with Gasteiger partial charge < -0.3 is 9.47 Å². The molecule has 1 aromatic rings. The van der Waals surface area contributed by atoms with Crippen LogP contribution in [0.4, 0.5) is 8.78 Å². The van der Waals surface area contributed by atoms with Gasteiger partial charge in [-0.05, 0) is 66.7 Å². The Bertz CT molecular complexity index is 525. The Morgan fingerprint density at radius 3 is 1.95 bits per heavy atom. The third-order valence-electron chi connectivity index (χ3n) is 5.41. The fraction of sp³-hybridized carbons (Fsp3) is 0.647. The van der Waals surface area contributed by atoms with Gasteiger partial charge in [0.2, 0.25) is 0 Å². The second kappa shape index (κ2) is 4.59. The van der Waals surface area contributed by atoms with E-state index < -0.39 is 6.29 Å². The molecule has 0 atom stereocenters. The van der Waals surface area contributed by atoms with E-state index in [9.17, 15) is 8.78 Å². The van der Waals surface area contributed by atoms with E-state index in [1.165, 1.54) is 36.8 Å². The van der Waals surface area contributed by atoms with Crippen LogP contribution < -0.4 is 9.47 Å². The molecule has 0 N–H and O–H groups in total. The Morgan fingerprint density at radius 1 is 0.905 bits per heavy atom. The zero-order valence-electron chi connectivity index (χ0n) is 12.2. The first-order valence-corrected chi connectivity index (χ1v) is 7.92. The van der Waals surface area contributed by atoms with Crippen LogP contribution in [0.5, 0.6) is 11.5 Å². The van der Waals surface area contributed by atoms with Crippen molar-refractivity contribution in [1.82, 2.24) is 0 Å². The molecular weight excluding hydrogens is 274 g/mol. The minimum Gasteiger partial charge on any atom is -0.395 e. The van der Waals surface area contributed by atoms with E-state index in [0.29, 0.717) is 5.92 Å². The van der Waals surface area contributed by atoms with E-state index in [1.54, 1.807) is 12.1 Å². The van der Waals surface area contributed by atoms with Crippen molar-refractivity contribution in [2.24, 2.45) is 17.8 Å². The molecular formula is C17H20F2O2. The summed E-state index contributed by atoms with van der Waals surface area (Å²) < 4.78 is 35.3. The number of hydrogen-bond donors (Lipinski definition) is 0. The normalized spacial score (nSPS) is 30.4. The molecule has 0 aromatic heterocycles. The molecule has 4 rings (SSSR count). The van der Waals surface area contributed by atoms with E-state index >= 15 is 0 Å². The van der Waals surface area contributed by atoms with Gasteiger partial charge in [0.05, 0.1) is 0 Å². The zero-order chi connectivity index (χ0) is 14.6. The molecule has 1 aromatic carbocycles. The van der Waals surface area contributed by atoms with Crippen LogP contribution in [-0.2, 0) is 12.8 Å². The third-order valence-corrected chi connectivity index (χ3v) is 5.41. The van der Waals surface area contributed by atoms with Crippen LogP contribution >= 0.6 is 0 Å². The fourth-order valence-electron chi connectivity index (χ4n) is 4.19. The lowest BCUT2D eigenvalue weighted by Crippen LogP contribution is -2.26. The van der Waals surface area contributed by atoms with Crippen molar-refractivity contribution < 1.29 is 18.3 Å². The van der Waals surface area contributed by atoms with E-state index in [2.05, 4.69) is 16.4 Å². The Labute approximate surface area is 123 Å². The van der Waals surface area contributed by atoms with Crippen molar-refractivity contribution in [2.45, 2.75) is 51.7 Å². The van der Waals surface area contributed by atoms with Gasteiger partial charge in [-0.3, -0.25) is 0 Å². The lowest BCUT2D eigenvalue weighted by Gasteiger charge is -2.30. The smallest absolute Gasteiger partial charge is 0.395 e. The molecule has 1 fully saturated rings. The second-order valence-electron chi connectivity index (χ2n) is 6.92. The summed E-state index contributed by atoms with van der Waals surface area (Å²) in [5.74, 6) is 2.69. The number of halogens is 2. The first-order valence-electron chi connectivity index (χ1n) is 7.92. The SMILES string of the molecule is CC1CCC(C2Cc3cc4c(cc3C2)OC(F)(F)O4)CC1. The topological polar surface area (TPSA) is 18.5 Å². The third kappa shape index (κ3) is 2.39. The predicted octanol–water partition coefficient (Wildman–Crippen LogP) is 4.55. The van der Waals surface area contributed by atoms with Gasteiger partial charge in [0, 0.05) is 0 Å². The molecule has 4 heteroatoms. The summed E-state index contributed by atoms with van der Waals surface area (Å²) >= 11 is 0. The van der Waals surface area contributed by atoms with Crippen molar-refractivity contribution in [3.8, 4) is 11.5 Å². The van der Waals surface area contributed by atoms with Crippen LogP contribution in [0.15, 0.2) is 12.1 Å². The van der Waals surface area contributed by atoms with Crippen molar-refractivity contribution in [2.75, 3.05) is 0 Å². The molecule has 1 saturated carbocycles. The average molecular weight is 294 g/mol. The molecule has 3 aliphatic rings. The Hall–Kier alpha value is -1.32. The van der Waals surface area contributed by atoms with Gasteiger partial charge in [-0.25, -0.2) is 0 Å². The standard InChI is InChI=1S/C17H20F2O2/c1-10-2-4-11(5-3-10)12-6-13-8-15-16(9-14(13)7-12)21-17(18,19)20-15/h8-12H,2-7H2,1H3.